The Hall–Kier alpha value is -0.0100. The number of hydrogen-bond acceptors (Lipinski definition) is 3. The van der Waals surface area contributed by atoms with Crippen LogP contribution in [0.4, 0.5) is 0 Å². The second-order valence-electron chi connectivity index (χ2n) is 5.40. The first-order chi connectivity index (χ1) is 10.8. The highest BCUT2D eigenvalue weighted by Crippen LogP contribution is 2.29. The van der Waals surface area contributed by atoms with Crippen LogP contribution in [-0.2, 0) is 9.53 Å². The molecule has 0 saturated carbocycles. The molecule has 1 saturated heterocycles. The highest BCUT2D eigenvalue weighted by atomic mass is 35.6. The summed E-state index contributed by atoms with van der Waals surface area (Å²) in [6, 6.07) is 0. The number of nitrogens with zero attached hydrogens (tertiary/aromatic N) is 1. The Bertz CT molecular complexity index is 388. The lowest BCUT2D eigenvalue weighted by Gasteiger charge is -2.34. The summed E-state index contributed by atoms with van der Waals surface area (Å²) < 4.78 is 3.57. The van der Waals surface area contributed by atoms with Gasteiger partial charge in [0.15, 0.2) is 5.11 Å². The van der Waals surface area contributed by atoms with E-state index in [0.29, 0.717) is 37.8 Å². The number of thiocarbonyl (C=S) groups is 1. The number of carbonyl (C=O) groups is 1. The van der Waals surface area contributed by atoms with Crippen molar-refractivity contribution in [3.8, 4) is 0 Å². The van der Waals surface area contributed by atoms with Crippen LogP contribution in [0.1, 0.15) is 39.0 Å². The molecule has 1 amide bonds. The molecule has 0 aliphatic carbocycles. The van der Waals surface area contributed by atoms with E-state index in [1.807, 2.05) is 4.90 Å². The highest BCUT2D eigenvalue weighted by molar-refractivity contribution is 7.80. The molecule has 1 rings (SSSR count). The smallest absolute Gasteiger partial charge is 0.228 e. The van der Waals surface area contributed by atoms with E-state index >= 15 is 0 Å². The SMILES string of the molecule is CCCCCCC(=O)N[C@@H](NC(=S)N1CCOCC1)C(Cl)(Cl)Cl. The fraction of sp³-hybridized carbons (Fsp3) is 0.857. The van der Waals surface area contributed by atoms with Crippen LogP contribution in [0.2, 0.25) is 0 Å². The third kappa shape index (κ3) is 8.59. The van der Waals surface area contributed by atoms with Gasteiger partial charge in [-0.25, -0.2) is 0 Å². The standard InChI is InChI=1S/C14H24Cl3N3O2S/c1-2-3-4-5-6-11(21)18-12(14(15,16)17)19-13(23)20-7-9-22-10-8-20/h12H,2-10H2,1H3,(H,18,21)(H,19,23)/t12-/m0/s1. The van der Waals surface area contributed by atoms with Crippen LogP contribution in [0.15, 0.2) is 0 Å². The molecule has 0 radical (unpaired) electrons. The lowest BCUT2D eigenvalue weighted by Crippen LogP contribution is -2.59. The second-order valence-corrected chi connectivity index (χ2v) is 8.16. The van der Waals surface area contributed by atoms with Crippen molar-refractivity contribution in [2.45, 2.75) is 49.0 Å². The first kappa shape index (κ1) is 21.0. The second kappa shape index (κ2) is 10.8. The molecule has 1 heterocycles. The zero-order valence-electron chi connectivity index (χ0n) is 13.2. The molecule has 0 aromatic rings. The molecule has 2 N–H and O–H groups in total. The lowest BCUT2D eigenvalue weighted by atomic mass is 10.1. The lowest BCUT2D eigenvalue weighted by molar-refractivity contribution is -0.122. The summed E-state index contributed by atoms with van der Waals surface area (Å²) in [6.07, 6.45) is 3.60. The predicted molar refractivity (Wildman–Crippen MR) is 99.1 cm³/mol. The zero-order valence-corrected chi connectivity index (χ0v) is 16.3. The minimum Gasteiger partial charge on any atom is -0.378 e. The van der Waals surface area contributed by atoms with Crippen LogP contribution in [0.3, 0.4) is 0 Å². The molecule has 0 aromatic heterocycles. The third-order valence-corrected chi connectivity index (χ3v) is 4.49. The molecule has 1 atom stereocenters. The van der Waals surface area contributed by atoms with Crippen molar-refractivity contribution in [1.82, 2.24) is 15.5 Å². The summed E-state index contributed by atoms with van der Waals surface area (Å²) in [4.78, 5) is 13.9. The van der Waals surface area contributed by atoms with E-state index in [4.69, 9.17) is 51.8 Å². The molecule has 1 aliphatic heterocycles. The van der Waals surface area contributed by atoms with Gasteiger partial charge in [-0.15, -0.1) is 0 Å². The van der Waals surface area contributed by atoms with Crippen molar-refractivity contribution in [3.05, 3.63) is 0 Å². The average molecular weight is 405 g/mol. The van der Waals surface area contributed by atoms with Crippen molar-refractivity contribution in [2.24, 2.45) is 0 Å². The number of morpholine rings is 1. The van der Waals surface area contributed by atoms with Gasteiger partial charge in [0.2, 0.25) is 9.70 Å². The number of carbonyl (C=O) groups excluding carboxylic acids is 1. The first-order valence-electron chi connectivity index (χ1n) is 7.84. The molecule has 134 valence electrons. The molecule has 5 nitrogen and oxygen atoms in total. The van der Waals surface area contributed by atoms with Gasteiger partial charge in [0.05, 0.1) is 13.2 Å². The molecule has 9 heteroatoms. The molecule has 0 bridgehead atoms. The Balaban J connectivity index is 2.48. The minimum absolute atomic E-state index is 0.158. The van der Waals surface area contributed by atoms with E-state index in [9.17, 15) is 4.79 Å². The molecule has 0 unspecified atom stereocenters. The fourth-order valence-electron chi connectivity index (χ4n) is 2.13. The molecule has 23 heavy (non-hydrogen) atoms. The number of nitrogens with one attached hydrogen (secondary N) is 2. The van der Waals surface area contributed by atoms with Gasteiger partial charge in [0.25, 0.3) is 0 Å². The summed E-state index contributed by atoms with van der Waals surface area (Å²) >= 11 is 23.2. The maximum absolute atomic E-state index is 12.0. The van der Waals surface area contributed by atoms with Crippen molar-refractivity contribution in [2.75, 3.05) is 26.3 Å². The maximum atomic E-state index is 12.0. The van der Waals surface area contributed by atoms with Crippen LogP contribution < -0.4 is 10.6 Å². The number of unbranched alkanes of at least 4 members (excludes halogenated alkanes) is 3. The predicted octanol–water partition coefficient (Wildman–Crippen LogP) is 2.98. The molecule has 1 aliphatic rings. The fourth-order valence-corrected chi connectivity index (χ4v) is 2.75. The van der Waals surface area contributed by atoms with Crippen LogP contribution >= 0.6 is 47.0 Å². The van der Waals surface area contributed by atoms with E-state index in [-0.39, 0.29) is 5.91 Å². The van der Waals surface area contributed by atoms with Gasteiger partial charge in [0.1, 0.15) is 6.17 Å². The van der Waals surface area contributed by atoms with E-state index in [2.05, 4.69) is 17.6 Å². The summed E-state index contributed by atoms with van der Waals surface area (Å²) in [5, 5.41) is 6.09. The largest absolute Gasteiger partial charge is 0.378 e. The van der Waals surface area contributed by atoms with Gasteiger partial charge in [0, 0.05) is 19.5 Å². The topological polar surface area (TPSA) is 53.6 Å². The quantitative estimate of drug-likeness (QED) is 0.296. The van der Waals surface area contributed by atoms with E-state index < -0.39 is 9.96 Å². The Morgan fingerprint density at radius 2 is 1.87 bits per heavy atom. The summed E-state index contributed by atoms with van der Waals surface area (Å²) in [5.41, 5.74) is 0. The van der Waals surface area contributed by atoms with Gasteiger partial charge in [-0.2, -0.15) is 0 Å². The Morgan fingerprint density at radius 3 is 2.43 bits per heavy atom. The number of halogens is 3. The van der Waals surface area contributed by atoms with Crippen LogP contribution in [0.25, 0.3) is 0 Å². The van der Waals surface area contributed by atoms with Gasteiger partial charge in [-0.3, -0.25) is 4.79 Å². The first-order valence-corrected chi connectivity index (χ1v) is 9.38. The Kier molecular flexibility index (Phi) is 9.85. The van der Waals surface area contributed by atoms with Crippen molar-refractivity contribution in [3.63, 3.8) is 0 Å². The molecular weight excluding hydrogens is 381 g/mol. The van der Waals surface area contributed by atoms with Gasteiger partial charge < -0.3 is 20.3 Å². The van der Waals surface area contributed by atoms with Crippen molar-refractivity contribution in [1.29, 1.82) is 0 Å². The van der Waals surface area contributed by atoms with E-state index in [0.717, 1.165) is 25.7 Å². The number of amides is 1. The normalized spacial score (nSPS) is 16.8. The van der Waals surface area contributed by atoms with Gasteiger partial charge >= 0.3 is 0 Å². The Morgan fingerprint density at radius 1 is 1.22 bits per heavy atom. The molecule has 0 aromatic carbocycles. The zero-order chi connectivity index (χ0) is 17.3. The van der Waals surface area contributed by atoms with Crippen molar-refractivity contribution < 1.29 is 9.53 Å². The molecule has 1 fully saturated rings. The van der Waals surface area contributed by atoms with Gasteiger partial charge in [-0.1, -0.05) is 61.0 Å². The average Bonchev–Trinajstić information content (AvgIpc) is 2.51. The minimum atomic E-state index is -1.70. The number of ether oxygens (including phenoxy) is 1. The molecule has 0 spiro atoms. The van der Waals surface area contributed by atoms with E-state index in [1.165, 1.54) is 0 Å². The molecular formula is C14H24Cl3N3O2S. The number of alkyl halides is 3. The number of rotatable bonds is 7. The van der Waals surface area contributed by atoms with Gasteiger partial charge in [-0.05, 0) is 18.6 Å². The Labute approximate surface area is 158 Å². The third-order valence-electron chi connectivity index (χ3n) is 3.46. The monoisotopic (exact) mass is 403 g/mol. The van der Waals surface area contributed by atoms with E-state index in [1.54, 1.807) is 0 Å². The van der Waals surface area contributed by atoms with Crippen LogP contribution in [0.5, 0.6) is 0 Å². The van der Waals surface area contributed by atoms with Crippen LogP contribution in [0, 0.1) is 0 Å². The number of hydrogen-bond donors (Lipinski definition) is 2. The summed E-state index contributed by atoms with van der Waals surface area (Å²) in [5.74, 6) is -0.158. The van der Waals surface area contributed by atoms with Crippen molar-refractivity contribution >= 4 is 58.0 Å². The summed E-state index contributed by atoms with van der Waals surface area (Å²) in [6.45, 7) is 4.66. The maximum Gasteiger partial charge on any atom is 0.228 e. The van der Waals surface area contributed by atoms with Crippen LogP contribution in [-0.4, -0.2) is 52.2 Å². The summed E-state index contributed by atoms with van der Waals surface area (Å²) in [7, 11) is 0. The highest BCUT2D eigenvalue weighted by Gasteiger charge is 2.35.